The Labute approximate surface area is 122 Å². The van der Waals surface area contributed by atoms with E-state index in [1.165, 1.54) is 0 Å². The number of likely N-dealkylation sites (tertiary alicyclic amines) is 1. The third kappa shape index (κ3) is 2.36. The second kappa shape index (κ2) is 4.82. The van der Waals surface area contributed by atoms with Gasteiger partial charge in [-0.15, -0.1) is 0 Å². The van der Waals surface area contributed by atoms with Gasteiger partial charge in [0.25, 0.3) is 5.91 Å². The van der Waals surface area contributed by atoms with Crippen LogP contribution in [0.4, 0.5) is 4.79 Å². The molecule has 0 bridgehead atoms. The number of H-pyrrole nitrogens is 1. The number of hydrogen-bond donors (Lipinski definition) is 3. The summed E-state index contributed by atoms with van der Waals surface area (Å²) in [5.74, 6) is -0.110. The van der Waals surface area contributed by atoms with Crippen molar-refractivity contribution >= 4 is 38.8 Å². The van der Waals surface area contributed by atoms with Crippen LogP contribution in [0.3, 0.4) is 0 Å². The maximum Gasteiger partial charge on any atom is 0.405 e. The van der Waals surface area contributed by atoms with Gasteiger partial charge in [0.05, 0.1) is 6.04 Å². The van der Waals surface area contributed by atoms with E-state index in [0.29, 0.717) is 18.8 Å². The van der Waals surface area contributed by atoms with Crippen LogP contribution in [0.15, 0.2) is 28.7 Å². The van der Waals surface area contributed by atoms with Crippen LogP contribution < -0.4 is 5.32 Å². The van der Waals surface area contributed by atoms with Crippen LogP contribution in [0.5, 0.6) is 0 Å². The van der Waals surface area contributed by atoms with Gasteiger partial charge in [0.15, 0.2) is 0 Å². The van der Waals surface area contributed by atoms with Crippen molar-refractivity contribution in [3.63, 3.8) is 0 Å². The van der Waals surface area contributed by atoms with Crippen molar-refractivity contribution in [2.75, 3.05) is 13.1 Å². The summed E-state index contributed by atoms with van der Waals surface area (Å²) in [4.78, 5) is 27.4. The summed E-state index contributed by atoms with van der Waals surface area (Å²) < 4.78 is 0.956. The average molecular weight is 338 g/mol. The number of halogens is 1. The number of fused-ring (bicyclic) bond motifs is 1. The van der Waals surface area contributed by atoms with Crippen molar-refractivity contribution in [3.8, 4) is 0 Å². The zero-order valence-corrected chi connectivity index (χ0v) is 12.0. The SMILES string of the molecule is O=C(O)NC1CN(C(=O)c2cc3cc(Br)ccc3[nH]2)C1. The van der Waals surface area contributed by atoms with Crippen molar-refractivity contribution in [3.05, 3.63) is 34.4 Å². The number of carbonyl (C=O) groups excluding carboxylic acids is 1. The van der Waals surface area contributed by atoms with Gasteiger partial charge < -0.3 is 20.3 Å². The molecule has 0 atom stereocenters. The van der Waals surface area contributed by atoms with Gasteiger partial charge in [0.2, 0.25) is 0 Å². The number of benzene rings is 1. The summed E-state index contributed by atoms with van der Waals surface area (Å²) in [5.41, 5.74) is 1.42. The Morgan fingerprint density at radius 2 is 2.10 bits per heavy atom. The number of carbonyl (C=O) groups is 2. The first kappa shape index (κ1) is 13.0. The van der Waals surface area contributed by atoms with E-state index in [1.54, 1.807) is 11.0 Å². The predicted molar refractivity (Wildman–Crippen MR) is 76.9 cm³/mol. The molecular weight excluding hydrogens is 326 g/mol. The number of nitrogens with zero attached hydrogens (tertiary/aromatic N) is 1. The lowest BCUT2D eigenvalue weighted by molar-refractivity contribution is 0.0559. The first-order valence-electron chi connectivity index (χ1n) is 6.10. The van der Waals surface area contributed by atoms with Crippen LogP contribution in [0, 0.1) is 0 Å². The summed E-state index contributed by atoms with van der Waals surface area (Å²) in [6.45, 7) is 0.814. The largest absolute Gasteiger partial charge is 0.465 e. The summed E-state index contributed by atoms with van der Waals surface area (Å²) in [6.07, 6.45) is -1.06. The number of hydrogen-bond acceptors (Lipinski definition) is 2. The Hall–Kier alpha value is -2.02. The summed E-state index contributed by atoms with van der Waals surface area (Å²) in [5, 5.41) is 11.9. The van der Waals surface area contributed by atoms with Crippen molar-refractivity contribution in [2.45, 2.75) is 6.04 Å². The molecule has 0 aliphatic carbocycles. The minimum Gasteiger partial charge on any atom is -0.465 e. The van der Waals surface area contributed by atoms with E-state index in [0.717, 1.165) is 15.4 Å². The van der Waals surface area contributed by atoms with Crippen LogP contribution in [0.2, 0.25) is 0 Å². The Morgan fingerprint density at radius 1 is 1.35 bits per heavy atom. The highest BCUT2D eigenvalue weighted by Gasteiger charge is 2.32. The Balaban J connectivity index is 1.72. The van der Waals surface area contributed by atoms with Crippen LogP contribution in [-0.2, 0) is 0 Å². The fraction of sp³-hybridized carbons (Fsp3) is 0.231. The molecule has 1 aromatic heterocycles. The van der Waals surface area contributed by atoms with Crippen molar-refractivity contribution < 1.29 is 14.7 Å². The molecule has 0 saturated carbocycles. The zero-order chi connectivity index (χ0) is 14.3. The first-order chi connectivity index (χ1) is 9.52. The van der Waals surface area contributed by atoms with Gasteiger partial charge in [-0.1, -0.05) is 15.9 Å². The van der Waals surface area contributed by atoms with Crippen LogP contribution in [0.25, 0.3) is 10.9 Å². The molecule has 2 heterocycles. The maximum absolute atomic E-state index is 12.2. The number of rotatable bonds is 2. The molecule has 2 aromatic rings. The smallest absolute Gasteiger partial charge is 0.405 e. The van der Waals surface area contributed by atoms with Crippen molar-refractivity contribution in [1.29, 1.82) is 0 Å². The maximum atomic E-state index is 12.2. The highest BCUT2D eigenvalue weighted by Crippen LogP contribution is 2.22. The fourth-order valence-corrected chi connectivity index (χ4v) is 2.68. The lowest BCUT2D eigenvalue weighted by Gasteiger charge is -2.38. The molecule has 1 aromatic carbocycles. The molecule has 1 fully saturated rings. The Bertz CT molecular complexity index is 691. The zero-order valence-electron chi connectivity index (χ0n) is 10.4. The molecule has 0 spiro atoms. The van der Waals surface area contributed by atoms with Gasteiger partial charge in [0, 0.05) is 28.5 Å². The highest BCUT2D eigenvalue weighted by atomic mass is 79.9. The van der Waals surface area contributed by atoms with Gasteiger partial charge in [0.1, 0.15) is 5.69 Å². The molecule has 3 N–H and O–H groups in total. The van der Waals surface area contributed by atoms with E-state index in [9.17, 15) is 9.59 Å². The predicted octanol–water partition coefficient (Wildman–Crippen LogP) is 2.02. The van der Waals surface area contributed by atoms with E-state index in [-0.39, 0.29) is 11.9 Å². The molecule has 6 nitrogen and oxygen atoms in total. The molecule has 0 unspecified atom stereocenters. The Kier molecular flexibility index (Phi) is 3.13. The van der Waals surface area contributed by atoms with Crippen LogP contribution >= 0.6 is 15.9 Å². The van der Waals surface area contributed by atoms with Crippen LogP contribution in [-0.4, -0.2) is 46.1 Å². The van der Waals surface area contributed by atoms with Gasteiger partial charge in [-0.05, 0) is 24.3 Å². The molecule has 2 amide bonds. The highest BCUT2D eigenvalue weighted by molar-refractivity contribution is 9.10. The van der Waals surface area contributed by atoms with E-state index >= 15 is 0 Å². The minimum absolute atomic E-state index is 0.110. The standard InChI is InChI=1S/C13H12BrN3O3/c14-8-1-2-10-7(3-8)4-11(16-10)12(18)17-5-9(6-17)15-13(19)20/h1-4,9,15-16H,5-6H2,(H,19,20). The van der Waals surface area contributed by atoms with Crippen molar-refractivity contribution in [1.82, 2.24) is 15.2 Å². The van der Waals surface area contributed by atoms with E-state index in [1.807, 2.05) is 18.2 Å². The van der Waals surface area contributed by atoms with E-state index in [4.69, 9.17) is 5.11 Å². The molecule has 104 valence electrons. The molecule has 7 heteroatoms. The number of carboxylic acid groups (broad SMARTS) is 1. The number of nitrogens with one attached hydrogen (secondary N) is 2. The fourth-order valence-electron chi connectivity index (χ4n) is 2.30. The van der Waals surface area contributed by atoms with Crippen LogP contribution in [0.1, 0.15) is 10.5 Å². The first-order valence-corrected chi connectivity index (χ1v) is 6.89. The molecule has 1 aliphatic rings. The molecule has 1 aliphatic heterocycles. The number of aromatic amines is 1. The lowest BCUT2D eigenvalue weighted by atomic mass is 10.1. The van der Waals surface area contributed by atoms with Gasteiger partial charge in [-0.25, -0.2) is 4.79 Å². The number of aromatic nitrogens is 1. The molecular formula is C13H12BrN3O3. The number of amides is 2. The topological polar surface area (TPSA) is 85.4 Å². The molecule has 20 heavy (non-hydrogen) atoms. The van der Waals surface area contributed by atoms with E-state index in [2.05, 4.69) is 26.2 Å². The second-order valence-electron chi connectivity index (χ2n) is 4.77. The normalized spacial score (nSPS) is 15.2. The second-order valence-corrected chi connectivity index (χ2v) is 5.69. The third-order valence-electron chi connectivity index (χ3n) is 3.31. The molecule has 3 rings (SSSR count). The lowest BCUT2D eigenvalue weighted by Crippen LogP contribution is -2.60. The van der Waals surface area contributed by atoms with Gasteiger partial charge in [-0.2, -0.15) is 0 Å². The van der Waals surface area contributed by atoms with Gasteiger partial charge >= 0.3 is 6.09 Å². The summed E-state index contributed by atoms with van der Waals surface area (Å²) in [6, 6.07) is 7.38. The van der Waals surface area contributed by atoms with Gasteiger partial charge in [-0.3, -0.25) is 4.79 Å². The Morgan fingerprint density at radius 3 is 2.80 bits per heavy atom. The molecule has 0 radical (unpaired) electrons. The third-order valence-corrected chi connectivity index (χ3v) is 3.80. The molecule has 1 saturated heterocycles. The monoisotopic (exact) mass is 337 g/mol. The van der Waals surface area contributed by atoms with Crippen molar-refractivity contribution in [2.24, 2.45) is 0 Å². The minimum atomic E-state index is -1.06. The average Bonchev–Trinajstić information content (AvgIpc) is 2.75. The summed E-state index contributed by atoms with van der Waals surface area (Å²) >= 11 is 3.39. The van der Waals surface area contributed by atoms with E-state index < -0.39 is 6.09 Å². The quantitative estimate of drug-likeness (QED) is 0.783. The summed E-state index contributed by atoms with van der Waals surface area (Å²) in [7, 11) is 0.